The third-order valence-electron chi connectivity index (χ3n) is 4.14. The van der Waals surface area contributed by atoms with Crippen molar-refractivity contribution in [3.8, 4) is 0 Å². The molecular weight excluding hydrogens is 344 g/mol. The van der Waals surface area contributed by atoms with Crippen LogP contribution < -0.4 is 0 Å². The first-order valence-electron chi connectivity index (χ1n) is 9.28. The maximum absolute atomic E-state index is 12.2. The number of carbonyl (C=O) groups is 1. The third kappa shape index (κ3) is 7.91. The summed E-state index contributed by atoms with van der Waals surface area (Å²) < 4.78 is 16.3. The Kier molecular flexibility index (Phi) is 9.55. The van der Waals surface area contributed by atoms with Crippen LogP contribution in [0.1, 0.15) is 24.5 Å². The molecule has 0 fully saturated rings. The monoisotopic (exact) mass is 372 g/mol. The molecule has 0 unspecified atom stereocenters. The zero-order valence-corrected chi connectivity index (χ0v) is 15.8. The fourth-order valence-electron chi connectivity index (χ4n) is 2.68. The smallest absolute Gasteiger partial charge is 0.311 e. The van der Waals surface area contributed by atoms with Gasteiger partial charge in [0.1, 0.15) is 0 Å². The Hall–Kier alpha value is -2.21. The summed E-state index contributed by atoms with van der Waals surface area (Å²) in [5, 5.41) is 10.4. The summed E-state index contributed by atoms with van der Waals surface area (Å²) in [5.74, 6) is -1.09. The van der Waals surface area contributed by atoms with Crippen LogP contribution >= 0.6 is 0 Å². The first-order chi connectivity index (χ1) is 13.2. The molecule has 2 atom stereocenters. The Balaban J connectivity index is 1.78. The van der Waals surface area contributed by atoms with E-state index >= 15 is 0 Å². The number of ether oxygens (including phenoxy) is 3. The van der Waals surface area contributed by atoms with E-state index < -0.39 is 18.0 Å². The third-order valence-corrected chi connectivity index (χ3v) is 4.14. The molecule has 0 amide bonds. The summed E-state index contributed by atoms with van der Waals surface area (Å²) in [6.45, 7) is 3.30. The molecule has 1 N–H and O–H groups in total. The molecule has 0 bridgehead atoms. The van der Waals surface area contributed by atoms with Gasteiger partial charge in [0.25, 0.3) is 0 Å². The van der Waals surface area contributed by atoms with Gasteiger partial charge in [-0.15, -0.1) is 0 Å². The lowest BCUT2D eigenvalue weighted by molar-refractivity contribution is -0.155. The Morgan fingerprint density at radius 3 is 2.04 bits per heavy atom. The van der Waals surface area contributed by atoms with Crippen LogP contribution in [0.25, 0.3) is 0 Å². The maximum atomic E-state index is 12.2. The fraction of sp³-hybridized carbons (Fsp3) is 0.409. The Labute approximate surface area is 160 Å². The first-order valence-corrected chi connectivity index (χ1v) is 9.28. The number of aliphatic hydroxyl groups is 1. The largest absolute Gasteiger partial charge is 0.466 e. The van der Waals surface area contributed by atoms with E-state index in [0.717, 1.165) is 11.1 Å². The predicted molar refractivity (Wildman–Crippen MR) is 103 cm³/mol. The first kappa shape index (κ1) is 21.1. The van der Waals surface area contributed by atoms with Crippen LogP contribution in [-0.4, -0.2) is 37.0 Å². The van der Waals surface area contributed by atoms with E-state index in [1.54, 1.807) is 6.92 Å². The van der Waals surface area contributed by atoms with Crippen molar-refractivity contribution in [2.75, 3.05) is 19.8 Å². The molecule has 5 nitrogen and oxygen atoms in total. The summed E-state index contributed by atoms with van der Waals surface area (Å²) in [4.78, 5) is 12.2. The van der Waals surface area contributed by atoms with Crippen molar-refractivity contribution < 1.29 is 24.1 Å². The number of benzene rings is 2. The summed E-state index contributed by atoms with van der Waals surface area (Å²) in [6.07, 6.45) is -0.560. The Morgan fingerprint density at radius 2 is 1.48 bits per heavy atom. The van der Waals surface area contributed by atoms with Crippen molar-refractivity contribution in [1.29, 1.82) is 0 Å². The van der Waals surface area contributed by atoms with E-state index in [4.69, 9.17) is 14.2 Å². The molecule has 5 heteroatoms. The number of aliphatic hydroxyl groups excluding tert-OH is 1. The Morgan fingerprint density at radius 1 is 0.926 bits per heavy atom. The van der Waals surface area contributed by atoms with Crippen molar-refractivity contribution in [1.82, 2.24) is 0 Å². The van der Waals surface area contributed by atoms with Crippen LogP contribution in [0.15, 0.2) is 60.7 Å². The second kappa shape index (κ2) is 12.2. The average molecular weight is 372 g/mol. The lowest BCUT2D eigenvalue weighted by Crippen LogP contribution is -2.34. The normalized spacial score (nSPS) is 13.1. The molecule has 0 aromatic heterocycles. The standard InChI is InChI=1S/C22H28O5/c1-2-27-22(24)20(13-14-25-15-18-9-5-3-6-10-18)21(23)17-26-16-19-11-7-4-8-12-19/h3-12,20-21,23H,2,13-17H2,1H3/t20-,21-/m0/s1. The zero-order chi connectivity index (χ0) is 19.3. The molecule has 146 valence electrons. The van der Waals surface area contributed by atoms with Gasteiger partial charge in [0.15, 0.2) is 0 Å². The van der Waals surface area contributed by atoms with Gasteiger partial charge in [0.2, 0.25) is 0 Å². The molecule has 2 rings (SSSR count). The summed E-state index contributed by atoms with van der Waals surface area (Å²) in [5.41, 5.74) is 2.08. The quantitative estimate of drug-likeness (QED) is 0.457. The van der Waals surface area contributed by atoms with Gasteiger partial charge in [-0.1, -0.05) is 60.7 Å². The molecule has 0 saturated carbocycles. The van der Waals surface area contributed by atoms with E-state index in [1.807, 2.05) is 60.7 Å². The summed E-state index contributed by atoms with van der Waals surface area (Å²) in [6, 6.07) is 19.5. The fourth-order valence-corrected chi connectivity index (χ4v) is 2.68. The maximum Gasteiger partial charge on any atom is 0.311 e. The minimum Gasteiger partial charge on any atom is -0.466 e. The SMILES string of the molecule is CCOC(=O)[C@@H](CCOCc1ccccc1)[C@@H](O)COCc1ccccc1. The van der Waals surface area contributed by atoms with Gasteiger partial charge in [-0.3, -0.25) is 4.79 Å². The van der Waals surface area contributed by atoms with E-state index in [-0.39, 0.29) is 13.2 Å². The van der Waals surface area contributed by atoms with Crippen molar-refractivity contribution in [2.24, 2.45) is 5.92 Å². The van der Waals surface area contributed by atoms with Gasteiger partial charge in [-0.05, 0) is 24.5 Å². The highest BCUT2D eigenvalue weighted by Crippen LogP contribution is 2.14. The van der Waals surface area contributed by atoms with Gasteiger partial charge in [0, 0.05) is 6.61 Å². The minimum absolute atomic E-state index is 0.0665. The Bertz CT molecular complexity index is 644. The molecule has 0 spiro atoms. The highest BCUT2D eigenvalue weighted by molar-refractivity contribution is 5.73. The van der Waals surface area contributed by atoms with Crippen molar-refractivity contribution >= 4 is 5.97 Å². The van der Waals surface area contributed by atoms with Gasteiger partial charge >= 0.3 is 5.97 Å². The van der Waals surface area contributed by atoms with Gasteiger partial charge < -0.3 is 19.3 Å². The van der Waals surface area contributed by atoms with E-state index in [2.05, 4.69) is 0 Å². The van der Waals surface area contributed by atoms with Crippen LogP contribution in [0, 0.1) is 5.92 Å². The highest BCUT2D eigenvalue weighted by atomic mass is 16.5. The lowest BCUT2D eigenvalue weighted by Gasteiger charge is -2.21. The molecule has 2 aromatic carbocycles. The van der Waals surface area contributed by atoms with Crippen LogP contribution in [0.5, 0.6) is 0 Å². The van der Waals surface area contributed by atoms with E-state index in [9.17, 15) is 9.90 Å². The topological polar surface area (TPSA) is 65.0 Å². The lowest BCUT2D eigenvalue weighted by atomic mass is 9.99. The number of hydrogen-bond donors (Lipinski definition) is 1. The number of esters is 1. The predicted octanol–water partition coefficient (Wildman–Crippen LogP) is 3.35. The van der Waals surface area contributed by atoms with Crippen LogP contribution in [0.4, 0.5) is 0 Å². The number of carbonyl (C=O) groups excluding carboxylic acids is 1. The zero-order valence-electron chi connectivity index (χ0n) is 15.8. The van der Waals surface area contributed by atoms with Crippen LogP contribution in [0.3, 0.4) is 0 Å². The number of rotatable bonds is 12. The summed E-state index contributed by atoms with van der Waals surface area (Å²) in [7, 11) is 0. The molecule has 2 aromatic rings. The van der Waals surface area contributed by atoms with Crippen molar-refractivity contribution in [3.63, 3.8) is 0 Å². The molecule has 0 radical (unpaired) electrons. The van der Waals surface area contributed by atoms with Gasteiger partial charge in [0.05, 0.1) is 38.4 Å². The van der Waals surface area contributed by atoms with E-state index in [1.165, 1.54) is 0 Å². The molecule has 0 heterocycles. The minimum atomic E-state index is -0.937. The summed E-state index contributed by atoms with van der Waals surface area (Å²) >= 11 is 0. The van der Waals surface area contributed by atoms with Crippen LogP contribution in [0.2, 0.25) is 0 Å². The molecule has 0 aliphatic carbocycles. The van der Waals surface area contributed by atoms with Crippen molar-refractivity contribution in [3.05, 3.63) is 71.8 Å². The molecule has 0 aliphatic rings. The van der Waals surface area contributed by atoms with Crippen LogP contribution in [-0.2, 0) is 32.2 Å². The van der Waals surface area contributed by atoms with E-state index in [0.29, 0.717) is 26.2 Å². The number of hydrogen-bond acceptors (Lipinski definition) is 5. The second-order valence-corrected chi connectivity index (χ2v) is 6.25. The molecular formula is C22H28O5. The second-order valence-electron chi connectivity index (χ2n) is 6.25. The average Bonchev–Trinajstić information content (AvgIpc) is 2.69. The molecule has 0 aliphatic heterocycles. The van der Waals surface area contributed by atoms with Gasteiger partial charge in [-0.25, -0.2) is 0 Å². The van der Waals surface area contributed by atoms with Gasteiger partial charge in [-0.2, -0.15) is 0 Å². The molecule has 27 heavy (non-hydrogen) atoms. The molecule has 0 saturated heterocycles. The van der Waals surface area contributed by atoms with Crippen molar-refractivity contribution in [2.45, 2.75) is 32.7 Å². The highest BCUT2D eigenvalue weighted by Gasteiger charge is 2.28.